The van der Waals surface area contributed by atoms with Gasteiger partial charge in [0.2, 0.25) is 0 Å². The molecule has 0 aromatic carbocycles. The Hall–Kier alpha value is -2.18. The highest BCUT2D eigenvalue weighted by Gasteiger charge is 2.22. The number of hydrogen-bond donors (Lipinski definition) is 1. The Morgan fingerprint density at radius 1 is 1.36 bits per heavy atom. The van der Waals surface area contributed by atoms with Gasteiger partial charge in [-0.2, -0.15) is 0 Å². The molecule has 112 valence electrons. The van der Waals surface area contributed by atoms with Crippen molar-refractivity contribution in [1.82, 2.24) is 14.9 Å². The summed E-state index contributed by atoms with van der Waals surface area (Å²) in [6.45, 7) is 2.27. The van der Waals surface area contributed by atoms with Gasteiger partial charge in [0.05, 0.1) is 23.4 Å². The first-order chi connectivity index (χ1) is 10.8. The maximum absolute atomic E-state index is 12.3. The van der Waals surface area contributed by atoms with E-state index in [9.17, 15) is 4.79 Å². The lowest BCUT2D eigenvalue weighted by Crippen LogP contribution is -2.34. The molecular formula is C16H15N3O2S. The molecule has 6 heteroatoms. The van der Waals surface area contributed by atoms with E-state index in [1.54, 1.807) is 17.6 Å². The summed E-state index contributed by atoms with van der Waals surface area (Å²) in [4.78, 5) is 23.1. The van der Waals surface area contributed by atoms with Gasteiger partial charge in [0.25, 0.3) is 5.56 Å². The van der Waals surface area contributed by atoms with E-state index in [1.165, 1.54) is 0 Å². The van der Waals surface area contributed by atoms with Gasteiger partial charge in [-0.1, -0.05) is 6.07 Å². The van der Waals surface area contributed by atoms with Crippen LogP contribution in [0.5, 0.6) is 0 Å². The van der Waals surface area contributed by atoms with Gasteiger partial charge in [-0.3, -0.25) is 9.69 Å². The van der Waals surface area contributed by atoms with E-state index in [0.717, 1.165) is 41.4 Å². The zero-order chi connectivity index (χ0) is 14.9. The molecule has 1 aliphatic heterocycles. The van der Waals surface area contributed by atoms with Crippen molar-refractivity contribution in [1.29, 1.82) is 0 Å². The molecule has 1 N–H and O–H groups in total. The average Bonchev–Trinajstić information content (AvgIpc) is 3.20. The molecule has 0 radical (unpaired) electrons. The van der Waals surface area contributed by atoms with Gasteiger partial charge in [-0.15, -0.1) is 11.3 Å². The van der Waals surface area contributed by atoms with Crippen molar-refractivity contribution >= 4 is 11.3 Å². The molecule has 4 heterocycles. The first-order valence-corrected chi connectivity index (χ1v) is 8.08. The first kappa shape index (κ1) is 13.5. The van der Waals surface area contributed by atoms with Crippen molar-refractivity contribution < 1.29 is 4.42 Å². The van der Waals surface area contributed by atoms with Crippen molar-refractivity contribution in [3.63, 3.8) is 0 Å². The minimum atomic E-state index is -0.00829. The van der Waals surface area contributed by atoms with Crippen LogP contribution in [-0.4, -0.2) is 21.4 Å². The van der Waals surface area contributed by atoms with Gasteiger partial charge in [0, 0.05) is 18.7 Å². The summed E-state index contributed by atoms with van der Waals surface area (Å²) in [5.41, 5.74) is 1.69. The molecule has 0 spiro atoms. The Labute approximate surface area is 131 Å². The molecular weight excluding hydrogens is 298 g/mol. The predicted octanol–water partition coefficient (Wildman–Crippen LogP) is 2.65. The third kappa shape index (κ3) is 2.51. The highest BCUT2D eigenvalue weighted by molar-refractivity contribution is 7.13. The van der Waals surface area contributed by atoms with Gasteiger partial charge >= 0.3 is 0 Å². The van der Waals surface area contributed by atoms with Crippen molar-refractivity contribution in [3.05, 3.63) is 63.3 Å². The maximum atomic E-state index is 12.3. The molecule has 1 aliphatic rings. The molecule has 3 aromatic rings. The molecule has 22 heavy (non-hydrogen) atoms. The van der Waals surface area contributed by atoms with Crippen LogP contribution in [0.15, 0.2) is 45.1 Å². The smallest absolute Gasteiger partial charge is 0.254 e. The standard InChI is InChI=1S/C16H15N3O2S/c20-16-12-5-6-19(9-11-3-1-7-21-11)10-13(12)17-15(18-16)14-4-2-8-22-14/h1-4,7-8H,5-6,9-10H2,(H,17,18,20). The van der Waals surface area contributed by atoms with Crippen molar-refractivity contribution in [3.8, 4) is 10.7 Å². The van der Waals surface area contributed by atoms with Crippen LogP contribution >= 0.6 is 11.3 Å². The molecule has 0 unspecified atom stereocenters. The number of fused-ring (bicyclic) bond motifs is 1. The number of aromatic nitrogens is 2. The summed E-state index contributed by atoms with van der Waals surface area (Å²) in [5, 5.41) is 1.98. The summed E-state index contributed by atoms with van der Waals surface area (Å²) in [5.74, 6) is 1.60. The fraction of sp³-hybridized carbons (Fsp3) is 0.250. The topological polar surface area (TPSA) is 62.1 Å². The first-order valence-electron chi connectivity index (χ1n) is 7.20. The maximum Gasteiger partial charge on any atom is 0.254 e. The molecule has 0 bridgehead atoms. The monoisotopic (exact) mass is 313 g/mol. The molecule has 3 aromatic heterocycles. The summed E-state index contributed by atoms with van der Waals surface area (Å²) in [6, 6.07) is 7.80. The van der Waals surface area contributed by atoms with Crippen LogP contribution in [-0.2, 0) is 19.5 Å². The largest absolute Gasteiger partial charge is 0.468 e. The van der Waals surface area contributed by atoms with E-state index in [4.69, 9.17) is 4.42 Å². The summed E-state index contributed by atoms with van der Waals surface area (Å²) in [7, 11) is 0. The van der Waals surface area contributed by atoms with Crippen LogP contribution in [0.1, 0.15) is 17.0 Å². The van der Waals surface area contributed by atoms with Gasteiger partial charge in [0.15, 0.2) is 5.82 Å². The van der Waals surface area contributed by atoms with E-state index < -0.39 is 0 Å². The van der Waals surface area contributed by atoms with Crippen LogP contribution < -0.4 is 5.56 Å². The lowest BCUT2D eigenvalue weighted by atomic mass is 10.1. The Bertz CT molecular complexity index is 822. The van der Waals surface area contributed by atoms with E-state index in [-0.39, 0.29) is 5.56 Å². The number of nitrogens with one attached hydrogen (secondary N) is 1. The lowest BCUT2D eigenvalue weighted by Gasteiger charge is -2.26. The minimum absolute atomic E-state index is 0.00829. The second-order valence-corrected chi connectivity index (χ2v) is 6.30. The molecule has 0 fully saturated rings. The number of aromatic amines is 1. The second kappa shape index (κ2) is 5.55. The fourth-order valence-electron chi connectivity index (χ4n) is 2.78. The normalized spacial score (nSPS) is 14.9. The molecule has 0 aliphatic carbocycles. The number of furan rings is 1. The van der Waals surface area contributed by atoms with Crippen molar-refractivity contribution in [2.45, 2.75) is 19.5 Å². The Balaban J connectivity index is 1.64. The van der Waals surface area contributed by atoms with E-state index >= 15 is 0 Å². The van der Waals surface area contributed by atoms with Gasteiger partial charge in [0.1, 0.15) is 5.76 Å². The third-order valence-electron chi connectivity index (χ3n) is 3.87. The molecule has 0 saturated carbocycles. The Morgan fingerprint density at radius 2 is 2.32 bits per heavy atom. The molecule has 0 saturated heterocycles. The average molecular weight is 313 g/mol. The van der Waals surface area contributed by atoms with E-state index in [1.807, 2.05) is 29.6 Å². The molecule has 5 nitrogen and oxygen atoms in total. The van der Waals surface area contributed by atoms with Crippen LogP contribution in [0.3, 0.4) is 0 Å². The number of hydrogen-bond acceptors (Lipinski definition) is 5. The summed E-state index contributed by atoms with van der Waals surface area (Å²) >= 11 is 1.58. The van der Waals surface area contributed by atoms with Crippen LogP contribution in [0.4, 0.5) is 0 Å². The van der Waals surface area contributed by atoms with Crippen LogP contribution in [0.2, 0.25) is 0 Å². The fourth-order valence-corrected chi connectivity index (χ4v) is 3.45. The minimum Gasteiger partial charge on any atom is -0.468 e. The summed E-state index contributed by atoms with van der Waals surface area (Å²) in [6.07, 6.45) is 2.41. The van der Waals surface area contributed by atoms with Gasteiger partial charge in [-0.25, -0.2) is 4.98 Å². The van der Waals surface area contributed by atoms with Crippen molar-refractivity contribution in [2.24, 2.45) is 0 Å². The zero-order valence-electron chi connectivity index (χ0n) is 11.9. The van der Waals surface area contributed by atoms with Crippen LogP contribution in [0, 0.1) is 0 Å². The molecule has 0 amide bonds. The number of thiophene rings is 1. The van der Waals surface area contributed by atoms with Gasteiger partial charge in [-0.05, 0) is 30.0 Å². The van der Waals surface area contributed by atoms with Crippen LogP contribution in [0.25, 0.3) is 10.7 Å². The second-order valence-electron chi connectivity index (χ2n) is 5.36. The summed E-state index contributed by atoms with van der Waals surface area (Å²) < 4.78 is 5.40. The van der Waals surface area contributed by atoms with Crippen molar-refractivity contribution in [2.75, 3.05) is 6.54 Å². The highest BCUT2D eigenvalue weighted by Crippen LogP contribution is 2.23. The zero-order valence-corrected chi connectivity index (χ0v) is 12.7. The lowest BCUT2D eigenvalue weighted by molar-refractivity contribution is 0.221. The highest BCUT2D eigenvalue weighted by atomic mass is 32.1. The van der Waals surface area contributed by atoms with E-state index in [0.29, 0.717) is 12.4 Å². The van der Waals surface area contributed by atoms with Gasteiger partial charge < -0.3 is 9.40 Å². The molecule has 0 atom stereocenters. The Morgan fingerprint density at radius 3 is 3.09 bits per heavy atom. The molecule has 4 rings (SSSR count). The quantitative estimate of drug-likeness (QED) is 0.807. The SMILES string of the molecule is O=c1[nH]c(-c2cccs2)nc2c1CCN(Cc1ccco1)C2. The number of H-pyrrole nitrogens is 1. The number of rotatable bonds is 3. The number of nitrogens with zero attached hydrogens (tertiary/aromatic N) is 2. The predicted molar refractivity (Wildman–Crippen MR) is 84.7 cm³/mol. The third-order valence-corrected chi connectivity index (χ3v) is 4.74. The van der Waals surface area contributed by atoms with E-state index in [2.05, 4.69) is 14.9 Å². The Kier molecular flexibility index (Phi) is 3.40.